The lowest BCUT2D eigenvalue weighted by Gasteiger charge is -2.13. The lowest BCUT2D eigenvalue weighted by molar-refractivity contribution is -0.192. The van der Waals surface area contributed by atoms with Gasteiger partial charge in [0.05, 0.1) is 35.4 Å². The third-order valence-electron chi connectivity index (χ3n) is 7.26. The standard InChI is InChI=1S/C30H30ClFN6O3S.C2HF3O2/c1-40-10-9-33-13-21(39)14-38-15-23-25(37-38)7-6-22-27-29(34-17-35-30(27)42-28(22)23)36-20-5-8-26(24(31)12-20)41-16-18-3-2-4-19(32)11-18;3-2(4,5)1(6)7/h2-5,8,11-12,15,17,21,33,39H,6-7,9-10,13-14,16H2,1H3,(H,34,35,36);(H,6,7)/t21-;/m1./s1. The average molecular weight is 723 g/mol. The van der Waals surface area contributed by atoms with E-state index in [4.69, 9.17) is 36.1 Å². The van der Waals surface area contributed by atoms with E-state index in [1.807, 2.05) is 16.9 Å². The van der Waals surface area contributed by atoms with Gasteiger partial charge in [0.15, 0.2) is 0 Å². The number of anilines is 2. The van der Waals surface area contributed by atoms with Crippen molar-refractivity contribution >= 4 is 50.6 Å². The number of fused-ring (bicyclic) bond motifs is 5. The number of hydrogen-bond acceptors (Lipinski definition) is 10. The molecular weight excluding hydrogens is 692 g/mol. The van der Waals surface area contributed by atoms with Gasteiger partial charge >= 0.3 is 12.1 Å². The summed E-state index contributed by atoms with van der Waals surface area (Å²) in [4.78, 5) is 20.0. The molecule has 6 rings (SSSR count). The van der Waals surface area contributed by atoms with Gasteiger partial charge in [0.2, 0.25) is 0 Å². The topological polar surface area (TPSA) is 144 Å². The number of benzene rings is 2. The number of aryl methyl sites for hydroxylation is 2. The number of rotatable bonds is 12. The molecule has 1 atom stereocenters. The zero-order chi connectivity index (χ0) is 35.1. The van der Waals surface area contributed by atoms with Gasteiger partial charge in [-0.25, -0.2) is 19.2 Å². The molecule has 0 saturated carbocycles. The molecule has 3 aromatic heterocycles. The van der Waals surface area contributed by atoms with E-state index in [2.05, 4.69) is 20.6 Å². The lowest BCUT2D eigenvalue weighted by Crippen LogP contribution is -2.32. The minimum Gasteiger partial charge on any atom is -0.487 e. The summed E-state index contributed by atoms with van der Waals surface area (Å²) < 4.78 is 57.9. The molecule has 5 aromatic rings. The van der Waals surface area contributed by atoms with Crippen molar-refractivity contribution < 1.29 is 42.0 Å². The predicted molar refractivity (Wildman–Crippen MR) is 176 cm³/mol. The first-order valence-electron chi connectivity index (χ1n) is 14.9. The zero-order valence-corrected chi connectivity index (χ0v) is 27.5. The molecule has 0 amide bonds. The van der Waals surface area contributed by atoms with Crippen LogP contribution in [-0.4, -0.2) is 75.0 Å². The van der Waals surface area contributed by atoms with Crippen LogP contribution in [0.4, 0.5) is 29.1 Å². The number of aromatic nitrogens is 4. The second kappa shape index (κ2) is 15.9. The van der Waals surface area contributed by atoms with Gasteiger partial charge in [0, 0.05) is 42.5 Å². The Bertz CT molecular complexity index is 1920. The van der Waals surface area contributed by atoms with E-state index in [1.54, 1.807) is 49.0 Å². The number of carboxylic acid groups (broad SMARTS) is 1. The van der Waals surface area contributed by atoms with Crippen molar-refractivity contribution in [1.82, 2.24) is 25.1 Å². The maximum atomic E-state index is 13.5. The molecule has 3 heterocycles. The van der Waals surface area contributed by atoms with Crippen molar-refractivity contribution in [3.05, 3.63) is 82.6 Å². The fraction of sp³-hybridized carbons (Fsp3) is 0.312. The molecule has 2 aromatic carbocycles. The highest BCUT2D eigenvalue weighted by atomic mass is 35.5. The Balaban J connectivity index is 0.000000606. The van der Waals surface area contributed by atoms with Crippen LogP contribution in [0.25, 0.3) is 20.7 Å². The highest BCUT2D eigenvalue weighted by Crippen LogP contribution is 2.45. The van der Waals surface area contributed by atoms with Crippen molar-refractivity contribution in [2.45, 2.75) is 38.3 Å². The number of halogens is 5. The molecule has 0 aliphatic heterocycles. The van der Waals surface area contributed by atoms with Gasteiger partial charge in [0.25, 0.3) is 0 Å². The Morgan fingerprint density at radius 1 is 1.18 bits per heavy atom. The molecule has 0 radical (unpaired) electrons. The van der Waals surface area contributed by atoms with Crippen LogP contribution in [0.1, 0.15) is 16.8 Å². The molecule has 11 nitrogen and oxygen atoms in total. The molecule has 1 aliphatic rings. The number of carboxylic acids is 1. The van der Waals surface area contributed by atoms with Crippen LogP contribution in [0, 0.1) is 5.82 Å². The maximum absolute atomic E-state index is 13.5. The number of nitrogens with zero attached hydrogens (tertiary/aromatic N) is 4. The van der Waals surface area contributed by atoms with E-state index in [0.29, 0.717) is 42.8 Å². The van der Waals surface area contributed by atoms with Gasteiger partial charge < -0.3 is 30.3 Å². The van der Waals surface area contributed by atoms with Crippen LogP contribution in [0.2, 0.25) is 5.02 Å². The molecule has 0 fully saturated rings. The summed E-state index contributed by atoms with van der Waals surface area (Å²) in [7, 11) is 1.65. The first-order valence-corrected chi connectivity index (χ1v) is 16.1. The molecule has 4 N–H and O–H groups in total. The van der Waals surface area contributed by atoms with E-state index in [1.165, 1.54) is 17.7 Å². The lowest BCUT2D eigenvalue weighted by atomic mass is 9.95. The van der Waals surface area contributed by atoms with Crippen molar-refractivity contribution in [1.29, 1.82) is 0 Å². The summed E-state index contributed by atoms with van der Waals surface area (Å²) >= 11 is 8.16. The molecule has 0 bridgehead atoms. The van der Waals surface area contributed by atoms with Crippen molar-refractivity contribution in [3.63, 3.8) is 0 Å². The molecule has 0 spiro atoms. The van der Waals surface area contributed by atoms with E-state index in [-0.39, 0.29) is 12.4 Å². The number of methoxy groups -OCH3 is 1. The number of carbonyl (C=O) groups is 1. The van der Waals surface area contributed by atoms with Gasteiger partial charge in [-0.1, -0.05) is 23.7 Å². The number of thiophene rings is 1. The quantitative estimate of drug-likeness (QED) is 0.0895. The maximum Gasteiger partial charge on any atom is 0.490 e. The Labute approximate surface area is 286 Å². The monoisotopic (exact) mass is 722 g/mol. The molecule has 49 heavy (non-hydrogen) atoms. The highest BCUT2D eigenvalue weighted by Gasteiger charge is 2.38. The summed E-state index contributed by atoms with van der Waals surface area (Å²) in [6, 6.07) is 11.7. The van der Waals surface area contributed by atoms with Gasteiger partial charge in [0.1, 0.15) is 35.1 Å². The number of aliphatic hydroxyl groups excluding tert-OH is 1. The summed E-state index contributed by atoms with van der Waals surface area (Å²) in [5, 5.41) is 30.4. The molecule has 1 aliphatic carbocycles. The summed E-state index contributed by atoms with van der Waals surface area (Å²) in [6.07, 6.45) is -0.458. The molecule has 0 saturated heterocycles. The second-order valence-electron chi connectivity index (χ2n) is 10.9. The van der Waals surface area contributed by atoms with Gasteiger partial charge in [-0.2, -0.15) is 18.3 Å². The molecule has 0 unspecified atom stereocenters. The van der Waals surface area contributed by atoms with E-state index in [9.17, 15) is 22.7 Å². The van der Waals surface area contributed by atoms with E-state index in [0.717, 1.165) is 50.4 Å². The smallest absolute Gasteiger partial charge is 0.487 e. The average Bonchev–Trinajstić information content (AvgIpc) is 3.64. The Morgan fingerprint density at radius 2 is 1.98 bits per heavy atom. The van der Waals surface area contributed by atoms with Crippen LogP contribution in [0.3, 0.4) is 0 Å². The predicted octanol–water partition coefficient (Wildman–Crippen LogP) is 6.00. The Morgan fingerprint density at radius 3 is 2.69 bits per heavy atom. The summed E-state index contributed by atoms with van der Waals surface area (Å²) in [5.41, 5.74) is 4.77. The van der Waals surface area contributed by atoms with Crippen LogP contribution in [0.5, 0.6) is 5.75 Å². The number of aliphatic carboxylic acids is 1. The minimum atomic E-state index is -5.08. The number of nitrogens with one attached hydrogen (secondary N) is 2. The van der Waals surface area contributed by atoms with Crippen molar-refractivity contribution in [2.75, 3.05) is 32.1 Å². The first-order chi connectivity index (χ1) is 23.4. The molecular formula is C32H31ClF4N6O5S. The second-order valence-corrected chi connectivity index (χ2v) is 12.3. The number of alkyl halides is 3. The van der Waals surface area contributed by atoms with Gasteiger partial charge in [-0.15, -0.1) is 11.3 Å². The van der Waals surface area contributed by atoms with Gasteiger partial charge in [-0.05, 0) is 54.3 Å². The normalized spacial score (nSPS) is 12.9. The van der Waals surface area contributed by atoms with Crippen LogP contribution >= 0.6 is 22.9 Å². The number of aliphatic hydroxyl groups is 1. The third kappa shape index (κ3) is 9.21. The summed E-state index contributed by atoms with van der Waals surface area (Å²) in [5.74, 6) is -1.85. The fourth-order valence-electron chi connectivity index (χ4n) is 5.06. The van der Waals surface area contributed by atoms with Crippen molar-refractivity contribution in [2.24, 2.45) is 0 Å². The van der Waals surface area contributed by atoms with Crippen LogP contribution in [-0.2, 0) is 35.5 Å². The SMILES string of the molecule is COCCNC[C@@H](O)Cn1cc2c(n1)CCc1c-2sc2ncnc(Nc3ccc(OCc4cccc(F)c4)c(Cl)c3)c12.O=C(O)C(F)(F)F. The van der Waals surface area contributed by atoms with Crippen LogP contribution in [0.15, 0.2) is 55.0 Å². The molecule has 260 valence electrons. The fourth-order valence-corrected chi connectivity index (χ4v) is 6.52. The first kappa shape index (κ1) is 35.9. The number of hydrogen-bond donors (Lipinski definition) is 4. The van der Waals surface area contributed by atoms with Crippen molar-refractivity contribution in [3.8, 4) is 16.2 Å². The van der Waals surface area contributed by atoms with Crippen LogP contribution < -0.4 is 15.4 Å². The number of ether oxygens (including phenoxy) is 2. The Kier molecular flexibility index (Phi) is 11.7. The van der Waals surface area contributed by atoms with E-state index >= 15 is 0 Å². The largest absolute Gasteiger partial charge is 0.490 e. The van der Waals surface area contributed by atoms with E-state index < -0.39 is 18.2 Å². The summed E-state index contributed by atoms with van der Waals surface area (Å²) in [6.45, 7) is 2.37. The van der Waals surface area contributed by atoms with Gasteiger partial charge in [-0.3, -0.25) is 4.68 Å². The molecule has 17 heteroatoms. The Hall–Kier alpha value is -4.35. The minimum absolute atomic E-state index is 0.209. The highest BCUT2D eigenvalue weighted by molar-refractivity contribution is 7.22. The third-order valence-corrected chi connectivity index (χ3v) is 8.73. The zero-order valence-electron chi connectivity index (χ0n) is 25.9.